The van der Waals surface area contributed by atoms with Crippen molar-refractivity contribution in [2.75, 3.05) is 13.1 Å². The van der Waals surface area contributed by atoms with Crippen molar-refractivity contribution in [1.29, 1.82) is 0 Å². The largest absolute Gasteiger partial charge is 0.346 e. The predicted molar refractivity (Wildman–Crippen MR) is 98.4 cm³/mol. The Morgan fingerprint density at radius 3 is 2.84 bits per heavy atom. The fraction of sp³-hybridized carbons (Fsp3) is 0.500. The fourth-order valence-electron chi connectivity index (χ4n) is 3.06. The molecular formula is C18H24ClN5O. The van der Waals surface area contributed by atoms with E-state index >= 15 is 0 Å². The number of carbonyl (C=O) groups excluding carboxylic acids is 1. The van der Waals surface area contributed by atoms with Gasteiger partial charge in [0.25, 0.3) is 5.91 Å². The van der Waals surface area contributed by atoms with Crippen LogP contribution >= 0.6 is 11.6 Å². The molecule has 1 fully saturated rings. The molecule has 2 N–H and O–H groups in total. The molecule has 1 saturated heterocycles. The van der Waals surface area contributed by atoms with E-state index < -0.39 is 0 Å². The van der Waals surface area contributed by atoms with E-state index in [1.54, 1.807) is 10.7 Å². The lowest BCUT2D eigenvalue weighted by atomic mass is 9.95. The van der Waals surface area contributed by atoms with Crippen LogP contribution in [0.25, 0.3) is 5.69 Å². The molecule has 1 aliphatic heterocycles. The lowest BCUT2D eigenvalue weighted by molar-refractivity contribution is 0.0903. The Balaban J connectivity index is 1.89. The molecule has 1 aromatic heterocycles. The summed E-state index contributed by atoms with van der Waals surface area (Å²) >= 11 is 6.30. The van der Waals surface area contributed by atoms with Gasteiger partial charge in [-0.2, -0.15) is 0 Å². The number of aromatic nitrogens is 3. The monoisotopic (exact) mass is 361 g/mol. The normalized spacial score (nSPS) is 20.7. The molecular weight excluding hydrogens is 338 g/mol. The van der Waals surface area contributed by atoms with Crippen LogP contribution in [-0.4, -0.2) is 39.8 Å². The molecule has 2 aromatic rings. The first-order valence-corrected chi connectivity index (χ1v) is 9.08. The first-order valence-electron chi connectivity index (χ1n) is 8.70. The molecule has 2 atom stereocenters. The predicted octanol–water partition coefficient (Wildman–Crippen LogP) is 2.77. The summed E-state index contributed by atoms with van der Waals surface area (Å²) in [6, 6.07) is 7.58. The van der Waals surface area contributed by atoms with Crippen molar-refractivity contribution in [3.63, 3.8) is 0 Å². The van der Waals surface area contributed by atoms with Crippen LogP contribution in [0.3, 0.4) is 0 Å². The number of rotatable bonds is 4. The van der Waals surface area contributed by atoms with E-state index in [4.69, 9.17) is 11.6 Å². The van der Waals surface area contributed by atoms with E-state index in [9.17, 15) is 4.79 Å². The highest BCUT2D eigenvalue weighted by Crippen LogP contribution is 2.23. The van der Waals surface area contributed by atoms with Gasteiger partial charge in [-0.1, -0.05) is 44.5 Å². The number of nitrogens with zero attached hydrogens (tertiary/aromatic N) is 3. The van der Waals surface area contributed by atoms with E-state index in [0.717, 1.165) is 31.0 Å². The zero-order valence-electron chi connectivity index (χ0n) is 14.8. The van der Waals surface area contributed by atoms with Crippen LogP contribution in [0.15, 0.2) is 24.3 Å². The smallest absolute Gasteiger partial charge is 0.291 e. The summed E-state index contributed by atoms with van der Waals surface area (Å²) in [6.07, 6.45) is 0.912. The molecule has 0 saturated carbocycles. The van der Waals surface area contributed by atoms with E-state index in [2.05, 4.69) is 27.6 Å². The minimum Gasteiger partial charge on any atom is -0.346 e. The second kappa shape index (κ2) is 7.54. The Morgan fingerprint density at radius 1 is 1.40 bits per heavy atom. The van der Waals surface area contributed by atoms with Gasteiger partial charge in [0.05, 0.1) is 10.7 Å². The van der Waals surface area contributed by atoms with Crippen molar-refractivity contribution in [2.45, 2.75) is 39.2 Å². The van der Waals surface area contributed by atoms with Crippen LogP contribution in [0.5, 0.6) is 0 Å². The van der Waals surface area contributed by atoms with Crippen molar-refractivity contribution in [1.82, 2.24) is 25.4 Å². The molecule has 1 amide bonds. The average molecular weight is 362 g/mol. The molecule has 6 nitrogen and oxygen atoms in total. The van der Waals surface area contributed by atoms with Gasteiger partial charge in [0.2, 0.25) is 5.82 Å². The van der Waals surface area contributed by atoms with Gasteiger partial charge in [0.1, 0.15) is 5.82 Å². The quantitative estimate of drug-likeness (QED) is 0.878. The van der Waals surface area contributed by atoms with Crippen molar-refractivity contribution in [2.24, 2.45) is 5.92 Å². The molecule has 0 radical (unpaired) electrons. The van der Waals surface area contributed by atoms with Gasteiger partial charge in [0, 0.05) is 12.0 Å². The molecule has 0 aliphatic carbocycles. The molecule has 0 spiro atoms. The summed E-state index contributed by atoms with van der Waals surface area (Å²) < 4.78 is 1.67. The molecule has 1 aliphatic rings. The number of hydrogen-bond acceptors (Lipinski definition) is 4. The lowest BCUT2D eigenvalue weighted by Gasteiger charge is -2.29. The lowest BCUT2D eigenvalue weighted by Crippen LogP contribution is -2.48. The number of amides is 1. The van der Waals surface area contributed by atoms with Gasteiger partial charge in [-0.15, -0.1) is 5.10 Å². The third-order valence-corrected chi connectivity index (χ3v) is 4.85. The van der Waals surface area contributed by atoms with Crippen LogP contribution in [0.4, 0.5) is 0 Å². The molecule has 3 rings (SSSR count). The Labute approximate surface area is 153 Å². The number of para-hydroxylation sites is 1. The minimum atomic E-state index is -0.230. The summed E-state index contributed by atoms with van der Waals surface area (Å²) in [5, 5.41) is 11.4. The number of piperidine rings is 1. The maximum atomic E-state index is 12.7. The van der Waals surface area contributed by atoms with Crippen LogP contribution in [-0.2, 0) is 0 Å². The Hall–Kier alpha value is -1.92. The zero-order valence-corrected chi connectivity index (χ0v) is 15.5. The Bertz CT molecular complexity index is 758. The van der Waals surface area contributed by atoms with Gasteiger partial charge < -0.3 is 10.6 Å². The summed E-state index contributed by atoms with van der Waals surface area (Å²) in [5.41, 5.74) is 0.731. The topological polar surface area (TPSA) is 71.8 Å². The van der Waals surface area contributed by atoms with E-state index in [1.807, 2.05) is 32.0 Å². The van der Waals surface area contributed by atoms with Crippen LogP contribution in [0.1, 0.15) is 49.6 Å². The van der Waals surface area contributed by atoms with Gasteiger partial charge in [-0.25, -0.2) is 9.67 Å². The highest BCUT2D eigenvalue weighted by Gasteiger charge is 2.26. The second-order valence-corrected chi connectivity index (χ2v) is 7.27. The van der Waals surface area contributed by atoms with E-state index in [0.29, 0.717) is 10.9 Å². The minimum absolute atomic E-state index is 0.114. The summed E-state index contributed by atoms with van der Waals surface area (Å²) in [7, 11) is 0. The zero-order chi connectivity index (χ0) is 18.0. The number of nitrogens with one attached hydrogen (secondary N) is 2. The molecule has 1 aromatic carbocycles. The van der Waals surface area contributed by atoms with Crippen molar-refractivity contribution < 1.29 is 4.79 Å². The van der Waals surface area contributed by atoms with Crippen molar-refractivity contribution in [3.05, 3.63) is 40.9 Å². The van der Waals surface area contributed by atoms with E-state index in [1.165, 1.54) is 0 Å². The Morgan fingerprint density at radius 2 is 2.16 bits per heavy atom. The number of halogens is 1. The average Bonchev–Trinajstić information content (AvgIpc) is 3.03. The standard InChI is InChI=1S/C18H24ClN5O/c1-11(2)17-22-16(18(25)21-14-8-9-20-10-12(14)3)23-24(17)15-7-5-4-6-13(15)19/h4-7,11-12,14,20H,8-10H2,1-3H3,(H,21,25). The van der Waals surface area contributed by atoms with Crippen LogP contribution in [0, 0.1) is 5.92 Å². The summed E-state index contributed by atoms with van der Waals surface area (Å²) in [5.74, 6) is 1.17. The number of carbonyl (C=O) groups is 1. The molecule has 25 heavy (non-hydrogen) atoms. The molecule has 2 heterocycles. The number of benzene rings is 1. The van der Waals surface area contributed by atoms with Crippen molar-refractivity contribution >= 4 is 17.5 Å². The van der Waals surface area contributed by atoms with E-state index in [-0.39, 0.29) is 23.7 Å². The van der Waals surface area contributed by atoms with Crippen molar-refractivity contribution in [3.8, 4) is 5.69 Å². The fourth-order valence-corrected chi connectivity index (χ4v) is 3.27. The third kappa shape index (κ3) is 3.85. The molecule has 0 bridgehead atoms. The van der Waals surface area contributed by atoms with Crippen LogP contribution < -0.4 is 10.6 Å². The summed E-state index contributed by atoms with van der Waals surface area (Å²) in [4.78, 5) is 17.1. The second-order valence-electron chi connectivity index (χ2n) is 6.86. The molecule has 2 unspecified atom stereocenters. The SMILES string of the molecule is CC(C)c1nc(C(=O)NC2CCNCC2C)nn1-c1ccccc1Cl. The summed E-state index contributed by atoms with van der Waals surface area (Å²) in [6.45, 7) is 7.99. The van der Waals surface area contributed by atoms with Gasteiger partial charge in [-0.3, -0.25) is 4.79 Å². The maximum absolute atomic E-state index is 12.7. The Kier molecular flexibility index (Phi) is 5.39. The van der Waals surface area contributed by atoms with Crippen LogP contribution in [0.2, 0.25) is 5.02 Å². The maximum Gasteiger partial charge on any atom is 0.291 e. The van der Waals surface area contributed by atoms with Gasteiger partial charge >= 0.3 is 0 Å². The molecule has 7 heteroatoms. The molecule has 134 valence electrons. The highest BCUT2D eigenvalue weighted by molar-refractivity contribution is 6.32. The third-order valence-electron chi connectivity index (χ3n) is 4.53. The first kappa shape index (κ1) is 17.9. The number of hydrogen-bond donors (Lipinski definition) is 2. The van der Waals surface area contributed by atoms with Gasteiger partial charge in [0.15, 0.2) is 0 Å². The van der Waals surface area contributed by atoms with Gasteiger partial charge in [-0.05, 0) is 37.6 Å². The highest BCUT2D eigenvalue weighted by atomic mass is 35.5. The first-order chi connectivity index (χ1) is 12.0.